The number of carbonyl (C=O) groups excluding carboxylic acids is 1. The van der Waals surface area contributed by atoms with Gasteiger partial charge in [0.2, 0.25) is 11.8 Å². The van der Waals surface area contributed by atoms with Crippen LogP contribution in [0.4, 0.5) is 5.69 Å². The normalized spacial score (nSPS) is 10.6. The zero-order chi connectivity index (χ0) is 21.1. The molecule has 0 fully saturated rings. The first-order valence-corrected chi connectivity index (χ1v) is 9.30. The van der Waals surface area contributed by atoms with E-state index in [2.05, 4.69) is 15.3 Å². The lowest BCUT2D eigenvalue weighted by atomic mass is 9.98. The molecule has 1 amide bonds. The third kappa shape index (κ3) is 3.77. The molecule has 0 aliphatic heterocycles. The maximum absolute atomic E-state index is 11.7. The highest BCUT2D eigenvalue weighted by molar-refractivity contribution is 6.02. The minimum atomic E-state index is -0.174. The van der Waals surface area contributed by atoms with Gasteiger partial charge in [-0.25, -0.2) is 9.97 Å². The van der Waals surface area contributed by atoms with Crippen molar-refractivity contribution in [3.63, 3.8) is 0 Å². The molecule has 7 nitrogen and oxygen atoms in total. The first-order chi connectivity index (χ1) is 14.6. The maximum Gasteiger partial charge on any atom is 0.221 e. The maximum atomic E-state index is 11.7. The highest BCUT2D eigenvalue weighted by atomic mass is 16.5. The molecule has 1 N–H and O–H groups in total. The highest BCUT2D eigenvalue weighted by Crippen LogP contribution is 2.37. The molecule has 3 heterocycles. The lowest BCUT2D eigenvalue weighted by molar-refractivity contribution is -0.114. The first-order valence-electron chi connectivity index (χ1n) is 9.30. The summed E-state index contributed by atoms with van der Waals surface area (Å²) < 4.78 is 10.6. The Morgan fingerprint density at radius 3 is 2.40 bits per heavy atom. The summed E-state index contributed by atoms with van der Waals surface area (Å²) >= 11 is 0. The van der Waals surface area contributed by atoms with Gasteiger partial charge in [0.25, 0.3) is 0 Å². The molecule has 0 aliphatic rings. The zero-order valence-electron chi connectivity index (χ0n) is 16.8. The van der Waals surface area contributed by atoms with Gasteiger partial charge >= 0.3 is 0 Å². The fourth-order valence-electron chi connectivity index (χ4n) is 3.28. The topological polar surface area (TPSA) is 86.2 Å². The van der Waals surface area contributed by atoms with E-state index in [0.717, 1.165) is 33.3 Å². The Labute approximate surface area is 173 Å². The second-order valence-electron chi connectivity index (χ2n) is 6.63. The van der Waals surface area contributed by atoms with Crippen LogP contribution in [0.5, 0.6) is 11.6 Å². The third-order valence-electron chi connectivity index (χ3n) is 4.67. The van der Waals surface area contributed by atoms with Crippen LogP contribution in [0.25, 0.3) is 33.3 Å². The number of nitrogens with one attached hydrogen (secondary N) is 1. The smallest absolute Gasteiger partial charge is 0.221 e. The Morgan fingerprint density at radius 1 is 0.967 bits per heavy atom. The Bertz CT molecular complexity index is 1210. The van der Waals surface area contributed by atoms with Crippen LogP contribution in [0.3, 0.4) is 0 Å². The molecule has 3 aromatic heterocycles. The lowest BCUT2D eigenvalue weighted by Crippen LogP contribution is -2.07. The van der Waals surface area contributed by atoms with Gasteiger partial charge in [-0.05, 0) is 41.5 Å². The molecule has 0 saturated heterocycles. The van der Waals surface area contributed by atoms with Gasteiger partial charge in [0.15, 0.2) is 0 Å². The Kier molecular flexibility index (Phi) is 5.26. The zero-order valence-corrected chi connectivity index (χ0v) is 16.8. The summed E-state index contributed by atoms with van der Waals surface area (Å²) in [6.45, 7) is 1.46. The van der Waals surface area contributed by atoms with E-state index in [-0.39, 0.29) is 5.91 Å². The van der Waals surface area contributed by atoms with Crippen LogP contribution >= 0.6 is 0 Å². The fourth-order valence-corrected chi connectivity index (χ4v) is 3.28. The van der Waals surface area contributed by atoms with Crippen molar-refractivity contribution in [2.75, 3.05) is 19.5 Å². The molecule has 0 unspecified atom stereocenters. The number of nitrogens with zero attached hydrogens (tertiary/aromatic N) is 3. The van der Waals surface area contributed by atoms with Gasteiger partial charge in [-0.3, -0.25) is 9.78 Å². The Hall–Kier alpha value is -4.00. The SMILES string of the molecule is COc1ccc(-c2cc(-c3ccncc3)c3cc(NC(C)=O)c(OC)cc3n2)cn1. The van der Waals surface area contributed by atoms with Crippen LogP contribution < -0.4 is 14.8 Å². The van der Waals surface area contributed by atoms with E-state index in [0.29, 0.717) is 17.3 Å². The molecule has 7 heteroatoms. The summed E-state index contributed by atoms with van der Waals surface area (Å²) in [4.78, 5) is 24.9. The quantitative estimate of drug-likeness (QED) is 0.536. The van der Waals surface area contributed by atoms with E-state index >= 15 is 0 Å². The van der Waals surface area contributed by atoms with Crippen molar-refractivity contribution in [2.45, 2.75) is 6.92 Å². The van der Waals surface area contributed by atoms with E-state index in [4.69, 9.17) is 14.5 Å². The molecule has 0 saturated carbocycles. The minimum absolute atomic E-state index is 0.174. The number of methoxy groups -OCH3 is 2. The minimum Gasteiger partial charge on any atom is -0.494 e. The molecule has 4 rings (SSSR count). The van der Waals surface area contributed by atoms with Crippen LogP contribution in [0.15, 0.2) is 61.1 Å². The Morgan fingerprint density at radius 2 is 1.77 bits per heavy atom. The van der Waals surface area contributed by atoms with Crippen LogP contribution in [0.1, 0.15) is 6.92 Å². The van der Waals surface area contributed by atoms with Crippen LogP contribution in [0, 0.1) is 0 Å². The van der Waals surface area contributed by atoms with Crippen LogP contribution in [-0.4, -0.2) is 35.1 Å². The molecule has 4 aromatic rings. The standard InChI is InChI=1S/C23H20N4O3/c1-14(28)26-21-11-18-17(15-6-8-24-9-7-15)10-19(27-20(18)12-22(21)29-2)16-4-5-23(30-3)25-13-16/h4-13H,1-3H3,(H,26,28). The second kappa shape index (κ2) is 8.16. The number of fused-ring (bicyclic) bond motifs is 1. The molecule has 1 aromatic carbocycles. The monoisotopic (exact) mass is 400 g/mol. The number of anilines is 1. The van der Waals surface area contributed by atoms with Gasteiger partial charge in [-0.15, -0.1) is 0 Å². The van der Waals surface area contributed by atoms with Crippen LogP contribution in [0.2, 0.25) is 0 Å². The summed E-state index contributed by atoms with van der Waals surface area (Å²) in [6, 6.07) is 13.3. The van der Waals surface area contributed by atoms with Gasteiger partial charge in [0.05, 0.1) is 31.1 Å². The average molecular weight is 400 g/mol. The average Bonchev–Trinajstić information content (AvgIpc) is 2.78. The van der Waals surface area contributed by atoms with E-state index in [1.165, 1.54) is 6.92 Å². The molecule has 0 bridgehead atoms. The lowest BCUT2D eigenvalue weighted by Gasteiger charge is -2.15. The molecule has 0 aliphatic carbocycles. The Balaban J connectivity index is 1.98. The first kappa shape index (κ1) is 19.3. The molecule has 0 atom stereocenters. The summed E-state index contributed by atoms with van der Waals surface area (Å²) in [6.07, 6.45) is 5.22. The largest absolute Gasteiger partial charge is 0.494 e. The summed E-state index contributed by atoms with van der Waals surface area (Å²) in [5.74, 6) is 0.901. The van der Waals surface area contributed by atoms with E-state index in [1.54, 1.807) is 38.9 Å². The number of aromatic nitrogens is 3. The molecule has 30 heavy (non-hydrogen) atoms. The van der Waals surface area contributed by atoms with E-state index in [1.807, 2.05) is 36.4 Å². The van der Waals surface area contributed by atoms with Crippen LogP contribution in [-0.2, 0) is 4.79 Å². The van der Waals surface area contributed by atoms with Crippen molar-refractivity contribution in [2.24, 2.45) is 0 Å². The third-order valence-corrected chi connectivity index (χ3v) is 4.67. The summed E-state index contributed by atoms with van der Waals surface area (Å²) in [5.41, 5.74) is 4.90. The molecule has 0 radical (unpaired) electrons. The van der Waals surface area contributed by atoms with Crippen molar-refractivity contribution in [1.29, 1.82) is 0 Å². The van der Waals surface area contributed by atoms with Crippen molar-refractivity contribution in [1.82, 2.24) is 15.0 Å². The van der Waals surface area contributed by atoms with E-state index in [9.17, 15) is 4.79 Å². The molecular weight excluding hydrogens is 380 g/mol. The fraction of sp³-hybridized carbons (Fsp3) is 0.130. The second-order valence-corrected chi connectivity index (χ2v) is 6.63. The molecule has 0 spiro atoms. The van der Waals surface area contributed by atoms with Crippen molar-refractivity contribution < 1.29 is 14.3 Å². The summed E-state index contributed by atoms with van der Waals surface area (Å²) in [5, 5.41) is 3.71. The number of benzene rings is 1. The number of rotatable bonds is 5. The number of amides is 1. The van der Waals surface area contributed by atoms with Gasteiger partial charge in [0.1, 0.15) is 5.75 Å². The number of ether oxygens (including phenoxy) is 2. The highest BCUT2D eigenvalue weighted by Gasteiger charge is 2.15. The van der Waals surface area contributed by atoms with Gasteiger partial charge in [-0.1, -0.05) is 0 Å². The molecule has 150 valence electrons. The van der Waals surface area contributed by atoms with Crippen molar-refractivity contribution in [3.8, 4) is 34.0 Å². The van der Waals surface area contributed by atoms with Gasteiger partial charge < -0.3 is 14.8 Å². The van der Waals surface area contributed by atoms with Gasteiger partial charge in [0, 0.05) is 48.6 Å². The van der Waals surface area contributed by atoms with Gasteiger partial charge in [-0.2, -0.15) is 0 Å². The van der Waals surface area contributed by atoms with E-state index < -0.39 is 0 Å². The number of hydrogen-bond acceptors (Lipinski definition) is 6. The predicted octanol–water partition coefficient (Wildman–Crippen LogP) is 4.33. The van der Waals surface area contributed by atoms with Crippen molar-refractivity contribution >= 4 is 22.5 Å². The number of hydrogen-bond donors (Lipinski definition) is 1. The number of carbonyl (C=O) groups is 1. The van der Waals surface area contributed by atoms with Crippen molar-refractivity contribution in [3.05, 3.63) is 61.1 Å². The number of pyridine rings is 3. The molecular formula is C23H20N4O3. The predicted molar refractivity (Wildman–Crippen MR) is 116 cm³/mol. The summed E-state index contributed by atoms with van der Waals surface area (Å²) in [7, 11) is 3.14.